The second-order valence-electron chi connectivity index (χ2n) is 20.2. The highest BCUT2D eigenvalue weighted by Gasteiger charge is 2.43. The van der Waals surface area contributed by atoms with E-state index in [9.17, 15) is 33.6 Å². The standard InChI is InChI=1S/C55H81N9O9/c1-11-37(4)50(62(8)54(71)49(36(2)3)59-55-60(6)31-32-61(55)7)44(72-9)34-48(68)63-30-18-21-43(63)51(73-10)38(5)52(69)58-42(33-39-19-14-12-15-20-39)53(70)57-41-25-23-40(24-26-41)35-56-45(65)22-16-13-17-29-64-46(66)27-28-47(64)67/h12,14-15,19-20,23-28,36-38,42-44,49-51H,11,13,16-18,21-22,29-35H2,1-10H3,(H,56,65)(H,57,70)(H,58,69)/t37-,38+,42-,43-,44+,49-,50-,51+/m0/s1. The molecule has 73 heavy (non-hydrogen) atoms. The van der Waals surface area contributed by atoms with Gasteiger partial charge in [0, 0.05) is 98.8 Å². The summed E-state index contributed by atoms with van der Waals surface area (Å²) in [5, 5.41) is 8.88. The highest BCUT2D eigenvalue weighted by Crippen LogP contribution is 2.30. The summed E-state index contributed by atoms with van der Waals surface area (Å²) >= 11 is 0. The van der Waals surface area contributed by atoms with Crippen LogP contribution in [0.25, 0.3) is 0 Å². The average molecular weight is 1010 g/mol. The minimum atomic E-state index is -0.954. The Hall–Kier alpha value is -6.14. The van der Waals surface area contributed by atoms with Crippen molar-refractivity contribution in [2.45, 2.75) is 135 Å². The molecule has 8 atom stereocenters. The maximum absolute atomic E-state index is 14.5. The van der Waals surface area contributed by atoms with Crippen molar-refractivity contribution in [3.63, 3.8) is 0 Å². The molecule has 0 saturated carbocycles. The number of benzene rings is 2. The van der Waals surface area contributed by atoms with Crippen molar-refractivity contribution in [2.24, 2.45) is 22.7 Å². The van der Waals surface area contributed by atoms with Crippen LogP contribution < -0.4 is 16.0 Å². The fraction of sp³-hybridized carbons (Fsp3) is 0.600. The molecule has 0 aliphatic carbocycles. The summed E-state index contributed by atoms with van der Waals surface area (Å²) in [5.41, 5.74) is 2.19. The summed E-state index contributed by atoms with van der Waals surface area (Å²) in [6.07, 6.45) is 5.80. The monoisotopic (exact) mass is 1010 g/mol. The quantitative estimate of drug-likeness (QED) is 0.0832. The van der Waals surface area contributed by atoms with Gasteiger partial charge in [-0.15, -0.1) is 0 Å². The number of methoxy groups -OCH3 is 2. The van der Waals surface area contributed by atoms with E-state index in [1.54, 1.807) is 43.0 Å². The van der Waals surface area contributed by atoms with Crippen LogP contribution in [0.2, 0.25) is 0 Å². The molecule has 3 aliphatic heterocycles. The van der Waals surface area contributed by atoms with Crippen molar-refractivity contribution in [3.8, 4) is 0 Å². The highest BCUT2D eigenvalue weighted by molar-refractivity contribution is 6.12. The maximum atomic E-state index is 14.5. The topological polar surface area (TPSA) is 203 Å². The molecule has 5 rings (SSSR count). The van der Waals surface area contributed by atoms with Gasteiger partial charge in [0.1, 0.15) is 12.1 Å². The van der Waals surface area contributed by atoms with E-state index < -0.39 is 54.1 Å². The number of rotatable bonds is 27. The van der Waals surface area contributed by atoms with Crippen molar-refractivity contribution >= 4 is 53.0 Å². The Bertz CT molecular complexity index is 2230. The number of nitrogens with zero attached hydrogens (tertiary/aromatic N) is 6. The van der Waals surface area contributed by atoms with Crippen molar-refractivity contribution in [3.05, 3.63) is 77.9 Å². The molecule has 7 amide bonds. The van der Waals surface area contributed by atoms with E-state index in [1.165, 1.54) is 24.2 Å². The number of hydrogen-bond donors (Lipinski definition) is 3. The molecule has 0 aromatic heterocycles. The lowest BCUT2D eigenvalue weighted by molar-refractivity contribution is -0.146. The van der Waals surface area contributed by atoms with E-state index >= 15 is 0 Å². The Morgan fingerprint density at radius 2 is 1.48 bits per heavy atom. The third kappa shape index (κ3) is 15.7. The van der Waals surface area contributed by atoms with Gasteiger partial charge in [-0.25, -0.2) is 4.99 Å². The summed E-state index contributed by atoms with van der Waals surface area (Å²) in [6.45, 7) is 12.6. The van der Waals surface area contributed by atoms with Crippen molar-refractivity contribution in [1.29, 1.82) is 0 Å². The number of carbonyl (C=O) groups excluding carboxylic acids is 7. The molecule has 2 aromatic carbocycles. The number of carbonyl (C=O) groups is 7. The molecule has 18 heteroatoms. The van der Waals surface area contributed by atoms with E-state index in [1.807, 2.05) is 70.4 Å². The van der Waals surface area contributed by atoms with Crippen LogP contribution in [-0.4, -0.2) is 170 Å². The molecule has 18 nitrogen and oxygen atoms in total. The van der Waals surface area contributed by atoms with Crippen LogP contribution in [0.5, 0.6) is 0 Å². The van der Waals surface area contributed by atoms with Gasteiger partial charge in [-0.1, -0.05) is 89.9 Å². The average Bonchev–Trinajstić information content (AvgIpc) is 4.09. The lowest BCUT2D eigenvalue weighted by atomic mass is 9.89. The number of likely N-dealkylation sites (tertiary alicyclic amines) is 1. The summed E-state index contributed by atoms with van der Waals surface area (Å²) in [7, 11) is 8.87. The normalized spacial score (nSPS) is 18.6. The summed E-state index contributed by atoms with van der Waals surface area (Å²) in [6, 6.07) is 14.1. The lowest BCUT2D eigenvalue weighted by Crippen LogP contribution is -2.55. The summed E-state index contributed by atoms with van der Waals surface area (Å²) < 4.78 is 12.2. The van der Waals surface area contributed by atoms with E-state index in [-0.39, 0.29) is 54.2 Å². The van der Waals surface area contributed by atoms with Gasteiger partial charge in [-0.05, 0) is 60.8 Å². The Kier molecular flexibility index (Phi) is 22.0. The number of nitrogens with one attached hydrogen (secondary N) is 3. The number of hydrogen-bond acceptors (Lipinski definition) is 10. The number of aliphatic imine (C=N–C) groups is 1. The molecular formula is C55H81N9O9. The third-order valence-electron chi connectivity index (χ3n) is 14.7. The first kappa shape index (κ1) is 57.8. The van der Waals surface area contributed by atoms with Gasteiger partial charge in [0.25, 0.3) is 11.8 Å². The van der Waals surface area contributed by atoms with Gasteiger partial charge in [0.2, 0.25) is 29.5 Å². The van der Waals surface area contributed by atoms with Crippen molar-refractivity contribution in [2.75, 3.05) is 66.9 Å². The first-order valence-electron chi connectivity index (χ1n) is 26.0. The van der Waals surface area contributed by atoms with Gasteiger partial charge in [0.15, 0.2) is 5.96 Å². The molecule has 3 N–H and O–H groups in total. The zero-order valence-electron chi connectivity index (χ0n) is 44.8. The summed E-state index contributed by atoms with van der Waals surface area (Å²) in [5.74, 6) is -1.86. The maximum Gasteiger partial charge on any atom is 0.253 e. The number of amides is 7. The van der Waals surface area contributed by atoms with Crippen molar-refractivity contribution in [1.82, 2.24) is 35.1 Å². The predicted molar refractivity (Wildman–Crippen MR) is 281 cm³/mol. The number of imide groups is 1. The molecule has 2 aromatic rings. The number of guanidine groups is 1. The Balaban J connectivity index is 1.20. The predicted octanol–water partition coefficient (Wildman–Crippen LogP) is 4.63. The lowest BCUT2D eigenvalue weighted by Gasteiger charge is -2.40. The van der Waals surface area contributed by atoms with Gasteiger partial charge in [0.05, 0.1) is 36.6 Å². The van der Waals surface area contributed by atoms with Crippen LogP contribution in [0.3, 0.4) is 0 Å². The number of likely N-dealkylation sites (N-methyl/N-ethyl adjacent to an activating group) is 3. The third-order valence-corrected chi connectivity index (χ3v) is 14.7. The van der Waals surface area contributed by atoms with E-state index in [0.29, 0.717) is 63.8 Å². The Morgan fingerprint density at radius 1 is 0.822 bits per heavy atom. The molecule has 0 unspecified atom stereocenters. The van der Waals surface area contributed by atoms with Crippen LogP contribution in [0.1, 0.15) is 97.1 Å². The molecule has 2 saturated heterocycles. The first-order valence-corrected chi connectivity index (χ1v) is 26.0. The largest absolute Gasteiger partial charge is 0.379 e. The zero-order valence-corrected chi connectivity index (χ0v) is 44.8. The fourth-order valence-electron chi connectivity index (χ4n) is 10.1. The van der Waals surface area contributed by atoms with E-state index in [4.69, 9.17) is 14.5 Å². The van der Waals surface area contributed by atoms with Crippen LogP contribution in [0, 0.1) is 17.8 Å². The smallest absolute Gasteiger partial charge is 0.253 e. The number of anilines is 1. The molecule has 2 fully saturated rings. The highest BCUT2D eigenvalue weighted by atomic mass is 16.5. The Labute approximate surface area is 432 Å². The van der Waals surface area contributed by atoms with Crippen LogP contribution in [0.15, 0.2) is 71.7 Å². The van der Waals surface area contributed by atoms with Gasteiger partial charge in [-0.2, -0.15) is 0 Å². The van der Waals surface area contributed by atoms with Gasteiger partial charge >= 0.3 is 0 Å². The summed E-state index contributed by atoms with van der Waals surface area (Å²) in [4.78, 5) is 107. The molecular weight excluding hydrogens is 931 g/mol. The second kappa shape index (κ2) is 27.8. The fourth-order valence-corrected chi connectivity index (χ4v) is 10.1. The van der Waals surface area contributed by atoms with Gasteiger partial charge in [-0.3, -0.25) is 38.5 Å². The minimum absolute atomic E-state index is 0.00372. The van der Waals surface area contributed by atoms with Gasteiger partial charge < -0.3 is 45.0 Å². The molecule has 0 radical (unpaired) electrons. The second-order valence-corrected chi connectivity index (χ2v) is 20.2. The molecule has 400 valence electrons. The SMILES string of the molecule is CC[C@H](C)[C@@H]([C@@H](CC(=O)N1CCC[C@H]1[C@H](OC)[C@@H](C)C(=O)N[C@@H](Cc1ccccc1)C(=O)Nc1ccc(CNC(=O)CCCCCN2C(=O)C=CC2=O)cc1)OC)N(C)C(=O)[C@@H](N=C1N(C)CCN1C)C(C)C. The van der Waals surface area contributed by atoms with Crippen molar-refractivity contribution < 1.29 is 43.0 Å². The van der Waals surface area contributed by atoms with E-state index in [0.717, 1.165) is 36.6 Å². The molecule has 3 heterocycles. The Morgan fingerprint density at radius 3 is 2.08 bits per heavy atom. The zero-order chi connectivity index (χ0) is 53.4. The number of ether oxygens (including phenoxy) is 2. The first-order chi connectivity index (χ1) is 34.9. The minimum Gasteiger partial charge on any atom is -0.379 e. The molecule has 0 spiro atoms. The number of unbranched alkanes of at least 4 members (excludes halogenated alkanes) is 2. The molecule has 3 aliphatic rings. The van der Waals surface area contributed by atoms with Crippen LogP contribution in [0.4, 0.5) is 5.69 Å². The van der Waals surface area contributed by atoms with E-state index in [2.05, 4.69) is 39.6 Å². The van der Waals surface area contributed by atoms with Crippen LogP contribution >= 0.6 is 0 Å². The molecule has 0 bridgehead atoms. The van der Waals surface area contributed by atoms with Crippen LogP contribution in [-0.2, 0) is 56.0 Å².